The van der Waals surface area contributed by atoms with Gasteiger partial charge in [-0.05, 0) is 42.0 Å². The zero-order valence-corrected chi connectivity index (χ0v) is 9.52. The zero-order chi connectivity index (χ0) is 10.7. The lowest BCUT2D eigenvalue weighted by molar-refractivity contribution is 0.632. The molecule has 0 bridgehead atoms. The number of hydrogen-bond acceptors (Lipinski definition) is 4. The minimum absolute atomic E-state index is 0.650. The second-order valence-corrected chi connectivity index (χ2v) is 5.10. The Hall–Kier alpha value is -1.03. The van der Waals surface area contributed by atoms with E-state index in [2.05, 4.69) is 5.32 Å². The van der Waals surface area contributed by atoms with Gasteiger partial charge in [0.2, 0.25) is 0 Å². The molecule has 1 atom stereocenters. The van der Waals surface area contributed by atoms with E-state index < -0.39 is 0 Å². The minimum atomic E-state index is 0.650. The van der Waals surface area contributed by atoms with Gasteiger partial charge in [-0.1, -0.05) is 0 Å². The van der Waals surface area contributed by atoms with Gasteiger partial charge < -0.3 is 16.8 Å². The Labute approximate surface area is 94.6 Å². The largest absolute Gasteiger partial charge is 0.397 e. The van der Waals surface area contributed by atoms with Crippen molar-refractivity contribution in [3.05, 3.63) is 18.2 Å². The number of nitrogens with two attached hydrogens (primary N) is 2. The molecule has 0 radical (unpaired) electrons. The lowest BCUT2D eigenvalue weighted by Crippen LogP contribution is -2.13. The zero-order valence-electron chi connectivity index (χ0n) is 8.70. The van der Waals surface area contributed by atoms with E-state index in [1.807, 2.05) is 30.0 Å². The van der Waals surface area contributed by atoms with Crippen molar-refractivity contribution in [2.45, 2.75) is 6.42 Å². The third-order valence-corrected chi connectivity index (χ3v) is 3.94. The van der Waals surface area contributed by atoms with Crippen molar-refractivity contribution >= 4 is 28.8 Å². The molecule has 4 heteroatoms. The standard InChI is InChI=1S/C11H17N3S/c12-10-2-1-9(5-11(10)13)14-6-8-3-4-15-7-8/h1-2,5,8,14H,3-4,6-7,12-13H2. The Kier molecular flexibility index (Phi) is 3.26. The average Bonchev–Trinajstić information content (AvgIpc) is 2.73. The van der Waals surface area contributed by atoms with Crippen LogP contribution in [0.1, 0.15) is 6.42 Å². The Morgan fingerprint density at radius 1 is 1.33 bits per heavy atom. The van der Waals surface area contributed by atoms with Gasteiger partial charge >= 0.3 is 0 Å². The van der Waals surface area contributed by atoms with Gasteiger partial charge in [-0.2, -0.15) is 11.8 Å². The lowest BCUT2D eigenvalue weighted by Gasteiger charge is -2.12. The topological polar surface area (TPSA) is 64.1 Å². The maximum atomic E-state index is 5.74. The van der Waals surface area contributed by atoms with Crippen LogP contribution in [-0.2, 0) is 0 Å². The summed E-state index contributed by atoms with van der Waals surface area (Å²) in [7, 11) is 0. The molecule has 0 amide bonds. The number of hydrogen-bond donors (Lipinski definition) is 3. The monoisotopic (exact) mass is 223 g/mol. The molecule has 3 nitrogen and oxygen atoms in total. The highest BCUT2D eigenvalue weighted by atomic mass is 32.2. The maximum absolute atomic E-state index is 5.74. The number of anilines is 3. The summed E-state index contributed by atoms with van der Waals surface area (Å²) in [5, 5.41) is 3.41. The molecule has 1 heterocycles. The van der Waals surface area contributed by atoms with Crippen molar-refractivity contribution < 1.29 is 0 Å². The second kappa shape index (κ2) is 4.66. The quantitative estimate of drug-likeness (QED) is 0.686. The first-order valence-electron chi connectivity index (χ1n) is 5.22. The predicted octanol–water partition coefficient (Wildman–Crippen LogP) is 2.02. The molecule has 1 fully saturated rings. The van der Waals surface area contributed by atoms with E-state index in [4.69, 9.17) is 11.5 Å². The van der Waals surface area contributed by atoms with E-state index >= 15 is 0 Å². The first-order chi connectivity index (χ1) is 7.25. The molecule has 82 valence electrons. The Morgan fingerprint density at radius 2 is 2.20 bits per heavy atom. The lowest BCUT2D eigenvalue weighted by atomic mass is 10.1. The molecule has 0 saturated carbocycles. The number of benzene rings is 1. The third-order valence-electron chi connectivity index (χ3n) is 2.71. The van der Waals surface area contributed by atoms with Crippen molar-refractivity contribution in [2.24, 2.45) is 5.92 Å². The first-order valence-corrected chi connectivity index (χ1v) is 6.38. The van der Waals surface area contributed by atoms with E-state index in [1.165, 1.54) is 17.9 Å². The highest BCUT2D eigenvalue weighted by Gasteiger charge is 2.14. The van der Waals surface area contributed by atoms with Gasteiger partial charge in [0.25, 0.3) is 0 Å². The Bertz CT molecular complexity index is 335. The van der Waals surface area contributed by atoms with Crippen LogP contribution < -0.4 is 16.8 Å². The molecule has 1 aliphatic rings. The van der Waals surface area contributed by atoms with Gasteiger partial charge in [-0.3, -0.25) is 0 Å². The molecule has 0 spiro atoms. The average molecular weight is 223 g/mol. The SMILES string of the molecule is Nc1ccc(NCC2CCSC2)cc1N. The van der Waals surface area contributed by atoms with Gasteiger partial charge in [0.15, 0.2) is 0 Å². The fraction of sp³-hybridized carbons (Fsp3) is 0.455. The molecular weight excluding hydrogens is 206 g/mol. The van der Waals surface area contributed by atoms with Crippen LogP contribution in [0.2, 0.25) is 0 Å². The summed E-state index contributed by atoms with van der Waals surface area (Å²) >= 11 is 2.04. The molecule has 5 N–H and O–H groups in total. The molecule has 15 heavy (non-hydrogen) atoms. The summed E-state index contributed by atoms with van der Waals surface area (Å²) < 4.78 is 0. The predicted molar refractivity (Wildman–Crippen MR) is 69.2 cm³/mol. The summed E-state index contributed by atoms with van der Waals surface area (Å²) in [6, 6.07) is 5.73. The van der Waals surface area contributed by atoms with E-state index in [9.17, 15) is 0 Å². The van der Waals surface area contributed by atoms with Gasteiger partial charge in [-0.15, -0.1) is 0 Å². The summed E-state index contributed by atoms with van der Waals surface area (Å²) in [6.07, 6.45) is 1.32. The number of rotatable bonds is 3. The van der Waals surface area contributed by atoms with E-state index in [-0.39, 0.29) is 0 Å². The molecule has 1 aromatic carbocycles. The highest BCUT2D eigenvalue weighted by molar-refractivity contribution is 7.99. The van der Waals surface area contributed by atoms with Crippen LogP contribution in [0.5, 0.6) is 0 Å². The van der Waals surface area contributed by atoms with Gasteiger partial charge in [0, 0.05) is 12.2 Å². The van der Waals surface area contributed by atoms with Crippen LogP contribution in [-0.4, -0.2) is 18.1 Å². The van der Waals surface area contributed by atoms with Gasteiger partial charge in [0.05, 0.1) is 11.4 Å². The van der Waals surface area contributed by atoms with Crippen molar-refractivity contribution in [1.82, 2.24) is 0 Å². The minimum Gasteiger partial charge on any atom is -0.397 e. The Balaban J connectivity index is 1.90. The van der Waals surface area contributed by atoms with Crippen LogP contribution in [0.3, 0.4) is 0 Å². The highest BCUT2D eigenvalue weighted by Crippen LogP contribution is 2.25. The summed E-state index contributed by atoms with van der Waals surface area (Å²) in [4.78, 5) is 0. The molecule has 2 rings (SSSR count). The molecule has 1 aromatic rings. The molecule has 1 unspecified atom stereocenters. The summed E-state index contributed by atoms with van der Waals surface area (Å²) in [5.74, 6) is 3.38. The van der Waals surface area contributed by atoms with Crippen molar-refractivity contribution in [3.63, 3.8) is 0 Å². The van der Waals surface area contributed by atoms with Crippen LogP contribution in [0.15, 0.2) is 18.2 Å². The maximum Gasteiger partial charge on any atom is 0.0568 e. The second-order valence-electron chi connectivity index (χ2n) is 3.95. The van der Waals surface area contributed by atoms with E-state index in [1.54, 1.807) is 0 Å². The third kappa shape index (κ3) is 2.72. The van der Waals surface area contributed by atoms with E-state index in [0.717, 1.165) is 18.2 Å². The summed E-state index contributed by atoms with van der Waals surface area (Å²) in [5.41, 5.74) is 13.8. The smallest absolute Gasteiger partial charge is 0.0568 e. The van der Waals surface area contributed by atoms with Gasteiger partial charge in [0.1, 0.15) is 0 Å². The number of thioether (sulfide) groups is 1. The number of nitrogens with one attached hydrogen (secondary N) is 1. The van der Waals surface area contributed by atoms with Crippen LogP contribution in [0.25, 0.3) is 0 Å². The molecule has 1 aliphatic heterocycles. The molecule has 0 aliphatic carbocycles. The molecule has 1 saturated heterocycles. The van der Waals surface area contributed by atoms with Crippen molar-refractivity contribution in [3.8, 4) is 0 Å². The van der Waals surface area contributed by atoms with Crippen LogP contribution in [0, 0.1) is 5.92 Å². The fourth-order valence-electron chi connectivity index (χ4n) is 1.69. The van der Waals surface area contributed by atoms with E-state index in [0.29, 0.717) is 11.4 Å². The first kappa shape index (κ1) is 10.5. The van der Waals surface area contributed by atoms with Crippen LogP contribution in [0.4, 0.5) is 17.1 Å². The van der Waals surface area contributed by atoms with Crippen molar-refractivity contribution in [1.29, 1.82) is 0 Å². The van der Waals surface area contributed by atoms with Gasteiger partial charge in [-0.25, -0.2) is 0 Å². The van der Waals surface area contributed by atoms with Crippen LogP contribution >= 0.6 is 11.8 Å². The molecule has 0 aromatic heterocycles. The Morgan fingerprint density at radius 3 is 2.87 bits per heavy atom. The number of nitrogen functional groups attached to an aromatic ring is 2. The summed E-state index contributed by atoms with van der Waals surface area (Å²) in [6.45, 7) is 1.04. The fourth-order valence-corrected chi connectivity index (χ4v) is 2.98. The van der Waals surface area contributed by atoms with Crippen molar-refractivity contribution in [2.75, 3.05) is 34.8 Å². The normalized spacial score (nSPS) is 20.4. The molecular formula is C11H17N3S.